The number of fused-ring (bicyclic) bond motifs is 3. The Morgan fingerprint density at radius 1 is 0.873 bits per heavy atom. The third-order valence-electron chi connectivity index (χ3n) is 16.1. The van der Waals surface area contributed by atoms with Gasteiger partial charge in [0.1, 0.15) is 23.3 Å². The fourth-order valence-electron chi connectivity index (χ4n) is 11.8. The number of halogens is 3. The van der Waals surface area contributed by atoms with Crippen LogP contribution in [-0.4, -0.2) is 124 Å². The van der Waals surface area contributed by atoms with Crippen molar-refractivity contribution in [2.75, 3.05) is 81.1 Å². The van der Waals surface area contributed by atoms with Gasteiger partial charge in [0.15, 0.2) is 5.82 Å². The Morgan fingerprint density at radius 2 is 1.62 bits per heavy atom. The van der Waals surface area contributed by atoms with Gasteiger partial charge in [0.05, 0.1) is 23.0 Å². The molecule has 370 valence electrons. The normalized spacial score (nSPS) is 21.2. The number of piperazine rings is 1. The van der Waals surface area contributed by atoms with E-state index in [0.29, 0.717) is 67.2 Å². The Bertz CT molecular complexity index is 3090. The largest absolute Gasteiger partial charge is 0.386 e. The molecule has 3 aromatic heterocycles. The highest BCUT2D eigenvalue weighted by Gasteiger charge is 2.61. The van der Waals surface area contributed by atoms with Crippen LogP contribution in [0.1, 0.15) is 85.1 Å². The third kappa shape index (κ3) is 8.17. The van der Waals surface area contributed by atoms with E-state index in [0.717, 1.165) is 81.0 Å². The second-order valence-corrected chi connectivity index (χ2v) is 20.1. The maximum absolute atomic E-state index is 15.9. The number of likely N-dealkylation sites (tertiary alicyclic amines) is 1. The summed E-state index contributed by atoms with van der Waals surface area (Å²) in [5, 5.41) is 5.78. The molecule has 4 amide bonds. The molecule has 1 spiro atoms. The predicted octanol–water partition coefficient (Wildman–Crippen LogP) is 5.89. The lowest BCUT2D eigenvalue weighted by Gasteiger charge is -2.40. The van der Waals surface area contributed by atoms with Crippen molar-refractivity contribution in [3.8, 4) is 5.69 Å². The zero-order chi connectivity index (χ0) is 49.5. The number of rotatable bonds is 10. The molecular formula is C53H57F3N10O5. The summed E-state index contributed by atoms with van der Waals surface area (Å²) in [4.78, 5) is 79.9. The Hall–Kier alpha value is -6.79. The molecule has 71 heavy (non-hydrogen) atoms. The summed E-state index contributed by atoms with van der Waals surface area (Å²) in [5.74, 6) is -2.82. The number of nitrogens with zero attached hydrogens (tertiary/aromatic N) is 8. The average molecular weight is 971 g/mol. The van der Waals surface area contributed by atoms with Crippen molar-refractivity contribution in [1.82, 2.24) is 34.1 Å². The van der Waals surface area contributed by atoms with Gasteiger partial charge in [-0.25, -0.2) is 18.2 Å². The summed E-state index contributed by atoms with van der Waals surface area (Å²) in [7, 11) is 3.44. The average Bonchev–Trinajstić information content (AvgIpc) is 4.06. The van der Waals surface area contributed by atoms with Crippen molar-refractivity contribution in [2.24, 2.45) is 13.0 Å². The van der Waals surface area contributed by atoms with Gasteiger partial charge in [0, 0.05) is 131 Å². The van der Waals surface area contributed by atoms with E-state index >= 15 is 8.78 Å². The summed E-state index contributed by atoms with van der Waals surface area (Å²) < 4.78 is 49.8. The Labute approximate surface area is 408 Å². The van der Waals surface area contributed by atoms with Crippen molar-refractivity contribution in [3.63, 3.8) is 0 Å². The van der Waals surface area contributed by atoms with Crippen LogP contribution in [-0.2, 0) is 26.8 Å². The fourth-order valence-corrected chi connectivity index (χ4v) is 11.8. The number of carbonyl (C=O) groups is 4. The molecule has 2 atom stereocenters. The van der Waals surface area contributed by atoms with Crippen LogP contribution in [0, 0.1) is 23.4 Å². The number of aryl methyl sites for hydroxylation is 1. The summed E-state index contributed by atoms with van der Waals surface area (Å²) in [6.07, 6.45) is 8.62. The molecular weight excluding hydrogens is 914 g/mol. The van der Waals surface area contributed by atoms with E-state index in [1.54, 1.807) is 29.1 Å². The van der Waals surface area contributed by atoms with Gasteiger partial charge in [0.25, 0.3) is 11.5 Å². The first kappa shape index (κ1) is 46.6. The van der Waals surface area contributed by atoms with Crippen molar-refractivity contribution in [3.05, 3.63) is 117 Å². The zero-order valence-corrected chi connectivity index (χ0v) is 40.1. The molecule has 0 radical (unpaired) electrons. The molecule has 1 saturated carbocycles. The minimum absolute atomic E-state index is 0.00363. The molecule has 0 unspecified atom stereocenters. The van der Waals surface area contributed by atoms with Gasteiger partial charge < -0.3 is 19.7 Å². The van der Waals surface area contributed by atoms with Gasteiger partial charge in [-0.2, -0.15) is 0 Å². The minimum atomic E-state index is -0.758. The van der Waals surface area contributed by atoms with E-state index in [2.05, 4.69) is 36.4 Å². The maximum atomic E-state index is 15.9. The van der Waals surface area contributed by atoms with Crippen molar-refractivity contribution in [1.29, 1.82) is 0 Å². The standard InChI is InChI=1S/C53H57F3N10O5/c1-31(45-27-36-42(8-15-58-49(36)60(45)3)65-30-40(56)41(57-2)28-47(65)68)62-18-11-33(12-19-62)48-38(54)24-34(25-39(48)55)51(70)64-16-9-32(10-17-64)29-61-20-22-63(23-21-61)35-4-5-43-37(26-35)53(13-14-53)52(71)66(43)44-6-7-46(67)59-50(44)69/h4-5,8,11,15,24-28,30-32,44,57H,6-7,9-10,12-14,16-23,29H2,1-3H3,(H,59,67,69)/t31-,44+/m0/s1. The SMILES string of the molecule is CNc1cc(=O)n(-c2ccnc3c2cc([C@H](C)N2CC=C(c4c(F)cc(C(=O)N5CCC(CN6CCN(c7ccc8c(c7)C7(CC7)C(=O)N8[C@@H]7CCC(=O)NC7=O)CC6)CC5)cc4F)CC2)n3C)cc1F. The Balaban J connectivity index is 0.680. The quantitative estimate of drug-likeness (QED) is 0.163. The van der Waals surface area contributed by atoms with Crippen molar-refractivity contribution >= 4 is 57.3 Å². The first-order valence-electron chi connectivity index (χ1n) is 24.8. The van der Waals surface area contributed by atoms with Crippen LogP contribution in [0.2, 0.25) is 0 Å². The van der Waals surface area contributed by atoms with Crippen LogP contribution in [0.5, 0.6) is 0 Å². The van der Waals surface area contributed by atoms with Crippen molar-refractivity contribution < 1.29 is 32.3 Å². The number of imide groups is 1. The smallest absolute Gasteiger partial charge is 0.257 e. The highest BCUT2D eigenvalue weighted by Crippen LogP contribution is 2.59. The first-order valence-corrected chi connectivity index (χ1v) is 24.8. The van der Waals surface area contributed by atoms with E-state index in [4.69, 9.17) is 0 Å². The number of amides is 4. The van der Waals surface area contributed by atoms with Gasteiger partial charge in [-0.15, -0.1) is 0 Å². The summed E-state index contributed by atoms with van der Waals surface area (Å²) >= 11 is 0. The number of anilines is 3. The van der Waals surface area contributed by atoms with Crippen LogP contribution in [0.15, 0.2) is 71.8 Å². The Kier molecular flexibility index (Phi) is 11.9. The Morgan fingerprint density at radius 3 is 2.30 bits per heavy atom. The lowest BCUT2D eigenvalue weighted by Crippen LogP contribution is -2.54. The molecule has 8 heterocycles. The molecule has 18 heteroatoms. The van der Waals surface area contributed by atoms with Gasteiger partial charge >= 0.3 is 0 Å². The molecule has 2 N–H and O–H groups in total. The molecule has 1 aliphatic carbocycles. The number of piperidine rings is 2. The molecule has 0 bridgehead atoms. The topological polar surface area (TPSA) is 148 Å². The number of hydrogen-bond acceptors (Lipinski definition) is 10. The molecule has 5 aromatic rings. The van der Waals surface area contributed by atoms with Crippen LogP contribution >= 0.6 is 0 Å². The monoisotopic (exact) mass is 970 g/mol. The summed E-state index contributed by atoms with van der Waals surface area (Å²) in [5.41, 5.74) is 4.45. The maximum Gasteiger partial charge on any atom is 0.257 e. The molecule has 3 saturated heterocycles. The summed E-state index contributed by atoms with van der Waals surface area (Å²) in [6.45, 7) is 8.28. The van der Waals surface area contributed by atoms with E-state index in [-0.39, 0.29) is 47.0 Å². The number of nitrogens with one attached hydrogen (secondary N) is 2. The predicted molar refractivity (Wildman–Crippen MR) is 263 cm³/mol. The molecule has 4 fully saturated rings. The lowest BCUT2D eigenvalue weighted by molar-refractivity contribution is -0.135. The third-order valence-corrected chi connectivity index (χ3v) is 16.1. The number of benzene rings is 2. The molecule has 15 nitrogen and oxygen atoms in total. The van der Waals surface area contributed by atoms with Crippen LogP contribution in [0.4, 0.5) is 30.2 Å². The van der Waals surface area contributed by atoms with Gasteiger partial charge in [0.2, 0.25) is 17.7 Å². The van der Waals surface area contributed by atoms with E-state index in [1.807, 2.05) is 42.8 Å². The van der Waals surface area contributed by atoms with Gasteiger partial charge in [-0.05, 0) is 105 Å². The second kappa shape index (κ2) is 18.1. The minimum Gasteiger partial charge on any atom is -0.386 e. The molecule has 11 rings (SSSR count). The fraction of sp³-hybridized carbons (Fsp3) is 0.434. The van der Waals surface area contributed by atoms with Gasteiger partial charge in [-0.1, -0.05) is 6.08 Å². The van der Waals surface area contributed by atoms with E-state index in [1.165, 1.54) is 29.0 Å². The van der Waals surface area contributed by atoms with Crippen LogP contribution in [0.25, 0.3) is 22.3 Å². The first-order chi connectivity index (χ1) is 34.2. The zero-order valence-electron chi connectivity index (χ0n) is 40.1. The van der Waals surface area contributed by atoms with E-state index < -0.39 is 40.4 Å². The van der Waals surface area contributed by atoms with E-state index in [9.17, 15) is 28.4 Å². The molecule has 5 aliphatic heterocycles. The molecule has 2 aromatic carbocycles. The van der Waals surface area contributed by atoms with Crippen molar-refractivity contribution in [2.45, 2.75) is 69.4 Å². The number of hydrogen-bond donors (Lipinski definition) is 2. The highest BCUT2D eigenvalue weighted by atomic mass is 19.1. The second-order valence-electron chi connectivity index (χ2n) is 20.1. The highest BCUT2D eigenvalue weighted by molar-refractivity contribution is 6.15. The van der Waals surface area contributed by atoms with Crippen LogP contribution in [0.3, 0.4) is 0 Å². The summed E-state index contributed by atoms with van der Waals surface area (Å²) in [6, 6.07) is 12.5. The number of pyridine rings is 2. The number of carbonyl (C=O) groups excluding carboxylic acids is 4. The lowest BCUT2D eigenvalue weighted by atomic mass is 9.94. The van der Waals surface area contributed by atoms with Gasteiger partial charge in [-0.3, -0.25) is 48.6 Å². The van der Waals surface area contributed by atoms with Crippen LogP contribution < -0.4 is 26.0 Å². The molecule has 6 aliphatic rings. The number of aromatic nitrogens is 3.